The zero-order chi connectivity index (χ0) is 13.1. The number of carbonyl (C=O) groups excluding carboxylic acids is 1. The highest BCUT2D eigenvalue weighted by molar-refractivity contribution is 6.34. The highest BCUT2D eigenvalue weighted by Gasteiger charge is 2.14. The number of amides is 1. The lowest BCUT2D eigenvalue weighted by atomic mass is 10.2. The van der Waals surface area contributed by atoms with Gasteiger partial charge in [-0.2, -0.15) is 0 Å². The van der Waals surface area contributed by atoms with E-state index in [1.54, 1.807) is 24.3 Å². The highest BCUT2D eigenvalue weighted by Crippen LogP contribution is 2.25. The fourth-order valence-corrected chi connectivity index (χ4v) is 1.88. The summed E-state index contributed by atoms with van der Waals surface area (Å²) in [5.41, 5.74) is 7.18. The first kappa shape index (κ1) is 12.5. The minimum Gasteiger partial charge on any atom is -0.469 e. The lowest BCUT2D eigenvalue weighted by Gasteiger charge is -2.07. The van der Waals surface area contributed by atoms with E-state index in [0.29, 0.717) is 34.1 Å². The number of rotatable bonds is 3. The molecular formula is C13H13ClN2O2. The molecule has 18 heavy (non-hydrogen) atoms. The molecule has 1 aromatic carbocycles. The van der Waals surface area contributed by atoms with Gasteiger partial charge in [-0.25, -0.2) is 0 Å². The fraction of sp³-hybridized carbons (Fsp3) is 0.154. The summed E-state index contributed by atoms with van der Waals surface area (Å²) in [4.78, 5) is 12.0. The quantitative estimate of drug-likeness (QED) is 0.836. The van der Waals surface area contributed by atoms with Gasteiger partial charge in [0, 0.05) is 12.1 Å². The van der Waals surface area contributed by atoms with Crippen molar-refractivity contribution in [3.63, 3.8) is 0 Å². The molecule has 4 nitrogen and oxygen atoms in total. The molecule has 0 spiro atoms. The predicted molar refractivity (Wildman–Crippen MR) is 71.9 cm³/mol. The van der Waals surface area contributed by atoms with Crippen LogP contribution in [0.1, 0.15) is 23.0 Å². The van der Waals surface area contributed by atoms with Crippen LogP contribution in [0.15, 0.2) is 34.9 Å². The molecule has 0 unspecified atom stereocenters. The Morgan fingerprint density at radius 1 is 1.44 bits per heavy atom. The molecule has 5 heteroatoms. The largest absolute Gasteiger partial charge is 0.469 e. The zero-order valence-electron chi connectivity index (χ0n) is 9.87. The lowest BCUT2D eigenvalue weighted by Crippen LogP contribution is -2.13. The normalized spacial score (nSPS) is 10.3. The predicted octanol–water partition coefficient (Wildman–Crippen LogP) is 3.33. The molecule has 1 heterocycles. The summed E-state index contributed by atoms with van der Waals surface area (Å²) < 4.78 is 5.21. The Balaban J connectivity index is 2.21. The Morgan fingerprint density at radius 3 is 2.89 bits per heavy atom. The number of anilines is 2. The maximum Gasteiger partial charge on any atom is 0.259 e. The summed E-state index contributed by atoms with van der Waals surface area (Å²) in [5, 5.41) is 3.14. The summed E-state index contributed by atoms with van der Waals surface area (Å²) in [7, 11) is 0. The first-order chi connectivity index (χ1) is 8.61. The number of benzene rings is 1. The van der Waals surface area contributed by atoms with Gasteiger partial charge in [0.25, 0.3) is 5.91 Å². The van der Waals surface area contributed by atoms with Crippen LogP contribution in [0, 0.1) is 0 Å². The zero-order valence-corrected chi connectivity index (χ0v) is 10.6. The van der Waals surface area contributed by atoms with Crippen molar-refractivity contribution in [2.75, 3.05) is 11.1 Å². The molecular weight excluding hydrogens is 252 g/mol. The number of hydrogen-bond acceptors (Lipinski definition) is 3. The number of hydrogen-bond donors (Lipinski definition) is 2. The maximum atomic E-state index is 12.0. The first-order valence-corrected chi connectivity index (χ1v) is 5.92. The third-order valence-electron chi connectivity index (χ3n) is 2.55. The maximum absolute atomic E-state index is 12.0. The van der Waals surface area contributed by atoms with E-state index in [1.807, 2.05) is 6.92 Å². The van der Waals surface area contributed by atoms with Gasteiger partial charge in [-0.05, 0) is 24.3 Å². The monoisotopic (exact) mass is 264 g/mol. The van der Waals surface area contributed by atoms with E-state index in [0.717, 1.165) is 0 Å². The van der Waals surface area contributed by atoms with Crippen LogP contribution in [0.4, 0.5) is 11.4 Å². The van der Waals surface area contributed by atoms with Crippen LogP contribution in [0.25, 0.3) is 0 Å². The lowest BCUT2D eigenvalue weighted by molar-refractivity contribution is 0.102. The average molecular weight is 265 g/mol. The Kier molecular flexibility index (Phi) is 3.58. The van der Waals surface area contributed by atoms with Crippen molar-refractivity contribution in [2.24, 2.45) is 0 Å². The van der Waals surface area contributed by atoms with E-state index in [-0.39, 0.29) is 5.91 Å². The summed E-state index contributed by atoms with van der Waals surface area (Å²) in [6.45, 7) is 1.92. The van der Waals surface area contributed by atoms with Gasteiger partial charge in [0.2, 0.25) is 0 Å². The fourth-order valence-electron chi connectivity index (χ4n) is 1.64. The summed E-state index contributed by atoms with van der Waals surface area (Å²) in [6.07, 6.45) is 2.16. The van der Waals surface area contributed by atoms with Crippen molar-refractivity contribution < 1.29 is 9.21 Å². The molecule has 2 rings (SSSR count). The highest BCUT2D eigenvalue weighted by atomic mass is 35.5. The molecule has 0 saturated heterocycles. The van der Waals surface area contributed by atoms with Gasteiger partial charge >= 0.3 is 0 Å². The second-order valence-corrected chi connectivity index (χ2v) is 4.21. The molecule has 2 aromatic rings. The van der Waals surface area contributed by atoms with Gasteiger partial charge < -0.3 is 15.5 Å². The SMILES string of the molecule is CCc1occc1C(=O)Nc1ccc(N)cc1Cl. The third kappa shape index (κ3) is 2.49. The van der Waals surface area contributed by atoms with Crippen molar-refractivity contribution in [3.05, 3.63) is 46.9 Å². The first-order valence-electron chi connectivity index (χ1n) is 5.54. The van der Waals surface area contributed by atoms with Crippen molar-refractivity contribution in [2.45, 2.75) is 13.3 Å². The standard InChI is InChI=1S/C13H13ClN2O2/c1-2-12-9(5-6-18-12)13(17)16-11-4-3-8(15)7-10(11)14/h3-7H,2,15H2,1H3,(H,16,17). The smallest absolute Gasteiger partial charge is 0.259 e. The number of furan rings is 1. The second kappa shape index (κ2) is 5.14. The Morgan fingerprint density at radius 2 is 2.22 bits per heavy atom. The Hall–Kier alpha value is -1.94. The van der Waals surface area contributed by atoms with Crippen LogP contribution in [0.5, 0.6) is 0 Å². The van der Waals surface area contributed by atoms with Crippen LogP contribution in [0.3, 0.4) is 0 Å². The molecule has 0 aliphatic rings. The molecule has 0 aliphatic carbocycles. The average Bonchev–Trinajstić information content (AvgIpc) is 2.81. The number of halogens is 1. The van der Waals surface area contributed by atoms with Gasteiger partial charge in [0.1, 0.15) is 5.76 Å². The molecule has 0 bridgehead atoms. The summed E-state index contributed by atoms with van der Waals surface area (Å²) in [6, 6.07) is 6.57. The molecule has 0 fully saturated rings. The minimum absolute atomic E-state index is 0.243. The van der Waals surface area contributed by atoms with Gasteiger partial charge in [-0.1, -0.05) is 18.5 Å². The van der Waals surface area contributed by atoms with Crippen LogP contribution in [-0.4, -0.2) is 5.91 Å². The van der Waals surface area contributed by atoms with E-state index in [9.17, 15) is 4.79 Å². The van der Waals surface area contributed by atoms with Crippen LogP contribution in [0.2, 0.25) is 5.02 Å². The molecule has 0 saturated carbocycles. The van der Waals surface area contributed by atoms with E-state index in [2.05, 4.69) is 5.32 Å². The van der Waals surface area contributed by atoms with Crippen molar-refractivity contribution >= 4 is 28.9 Å². The third-order valence-corrected chi connectivity index (χ3v) is 2.87. The van der Waals surface area contributed by atoms with E-state index < -0.39 is 0 Å². The Labute approximate surface area is 110 Å². The Bertz CT molecular complexity index is 578. The molecule has 0 radical (unpaired) electrons. The number of nitrogens with one attached hydrogen (secondary N) is 1. The molecule has 1 aromatic heterocycles. The van der Waals surface area contributed by atoms with Crippen LogP contribution >= 0.6 is 11.6 Å². The molecule has 0 atom stereocenters. The molecule has 1 amide bonds. The summed E-state index contributed by atoms with van der Waals surface area (Å²) >= 11 is 5.99. The van der Waals surface area contributed by atoms with Crippen molar-refractivity contribution in [1.82, 2.24) is 0 Å². The van der Waals surface area contributed by atoms with Crippen LogP contribution in [-0.2, 0) is 6.42 Å². The summed E-state index contributed by atoms with van der Waals surface area (Å²) in [5.74, 6) is 0.409. The van der Waals surface area contributed by atoms with Gasteiger partial charge in [-0.15, -0.1) is 0 Å². The second-order valence-electron chi connectivity index (χ2n) is 3.80. The molecule has 3 N–H and O–H groups in total. The minimum atomic E-state index is -0.243. The number of nitrogen functional groups attached to an aromatic ring is 1. The van der Waals surface area contributed by atoms with Gasteiger partial charge in [-0.3, -0.25) is 4.79 Å². The molecule has 94 valence electrons. The van der Waals surface area contributed by atoms with E-state index in [1.165, 1.54) is 6.26 Å². The van der Waals surface area contributed by atoms with Gasteiger partial charge in [0.05, 0.1) is 22.5 Å². The van der Waals surface area contributed by atoms with E-state index in [4.69, 9.17) is 21.8 Å². The molecule has 0 aliphatic heterocycles. The van der Waals surface area contributed by atoms with Crippen molar-refractivity contribution in [3.8, 4) is 0 Å². The number of nitrogens with two attached hydrogens (primary N) is 1. The van der Waals surface area contributed by atoms with Crippen molar-refractivity contribution in [1.29, 1.82) is 0 Å². The number of carbonyl (C=O) groups is 1. The van der Waals surface area contributed by atoms with Crippen LogP contribution < -0.4 is 11.1 Å². The van der Waals surface area contributed by atoms with Gasteiger partial charge in [0.15, 0.2) is 0 Å². The van der Waals surface area contributed by atoms with E-state index >= 15 is 0 Å². The topological polar surface area (TPSA) is 68.3 Å². The number of aryl methyl sites for hydroxylation is 1.